The van der Waals surface area contributed by atoms with Gasteiger partial charge in [-0.05, 0) is 61.2 Å². The van der Waals surface area contributed by atoms with Gasteiger partial charge in [-0.2, -0.15) is 0 Å². The number of fused-ring (bicyclic) bond motifs is 1. The Hall–Kier alpha value is -1.10. The maximum Gasteiger partial charge on any atom is 0.254 e. The molecule has 2 N–H and O–H groups in total. The molecule has 1 aromatic carbocycles. The first-order valence-electron chi connectivity index (χ1n) is 7.20. The van der Waals surface area contributed by atoms with E-state index in [0.717, 1.165) is 30.3 Å². The highest BCUT2D eigenvalue weighted by Gasteiger charge is 2.29. The number of likely N-dealkylation sites (tertiary alicyclic amines) is 1. The van der Waals surface area contributed by atoms with Crippen LogP contribution in [0.15, 0.2) is 29.6 Å². The van der Waals surface area contributed by atoms with E-state index in [4.69, 9.17) is 5.73 Å². The van der Waals surface area contributed by atoms with Gasteiger partial charge in [0.1, 0.15) is 0 Å². The number of halogens is 1. The summed E-state index contributed by atoms with van der Waals surface area (Å²) >= 11 is 1.70. The molecular formula is C16H21ClN2OS. The van der Waals surface area contributed by atoms with Crippen molar-refractivity contribution in [1.82, 2.24) is 4.90 Å². The van der Waals surface area contributed by atoms with Gasteiger partial charge in [-0.3, -0.25) is 4.79 Å². The van der Waals surface area contributed by atoms with Crippen LogP contribution in [0.4, 0.5) is 0 Å². The lowest BCUT2D eigenvalue weighted by atomic mass is 9.96. The summed E-state index contributed by atoms with van der Waals surface area (Å²) < 4.78 is 1.23. The average molecular weight is 325 g/mol. The zero-order chi connectivity index (χ0) is 14.1. The lowest BCUT2D eigenvalue weighted by Gasteiger charge is -2.38. The van der Waals surface area contributed by atoms with Gasteiger partial charge in [-0.15, -0.1) is 23.7 Å². The third-order valence-electron chi connectivity index (χ3n) is 4.12. The number of nitrogens with zero attached hydrogens (tertiary/aromatic N) is 1. The van der Waals surface area contributed by atoms with Crippen molar-refractivity contribution in [2.75, 3.05) is 6.54 Å². The molecule has 1 aromatic heterocycles. The lowest BCUT2D eigenvalue weighted by Crippen LogP contribution is -2.51. The summed E-state index contributed by atoms with van der Waals surface area (Å²) in [6, 6.07) is 8.25. The number of hydrogen-bond acceptors (Lipinski definition) is 3. The predicted octanol–water partition coefficient (Wildman–Crippen LogP) is 3.67. The van der Waals surface area contributed by atoms with Gasteiger partial charge in [0.15, 0.2) is 0 Å². The minimum Gasteiger partial charge on any atom is -0.334 e. The summed E-state index contributed by atoms with van der Waals surface area (Å²) in [6.07, 6.45) is 3.26. The van der Waals surface area contributed by atoms with Gasteiger partial charge < -0.3 is 10.6 Å². The standard InChI is InChI=1S/C16H20N2OS.ClH/c1-11(17)14-4-2-3-8-18(14)16(19)13-5-6-15-12(10-13)7-9-20-15;/h5-7,9-11,14H,2-4,8,17H2,1H3;1H. The molecule has 3 nitrogen and oxygen atoms in total. The van der Waals surface area contributed by atoms with Crippen LogP contribution in [0.5, 0.6) is 0 Å². The van der Waals surface area contributed by atoms with Crippen molar-refractivity contribution >= 4 is 39.7 Å². The Morgan fingerprint density at radius 2 is 2.19 bits per heavy atom. The van der Waals surface area contributed by atoms with Gasteiger partial charge in [0.2, 0.25) is 0 Å². The summed E-state index contributed by atoms with van der Waals surface area (Å²) in [5, 5.41) is 3.21. The Morgan fingerprint density at radius 1 is 1.38 bits per heavy atom. The highest BCUT2D eigenvalue weighted by Crippen LogP contribution is 2.25. The van der Waals surface area contributed by atoms with E-state index in [1.807, 2.05) is 30.0 Å². The minimum atomic E-state index is 0. The first kappa shape index (κ1) is 16.3. The van der Waals surface area contributed by atoms with Crippen molar-refractivity contribution in [2.45, 2.75) is 38.3 Å². The summed E-state index contributed by atoms with van der Waals surface area (Å²) in [7, 11) is 0. The second kappa shape index (κ2) is 6.77. The van der Waals surface area contributed by atoms with Crippen molar-refractivity contribution in [1.29, 1.82) is 0 Å². The molecule has 2 unspecified atom stereocenters. The molecule has 1 aliphatic rings. The number of nitrogens with two attached hydrogens (primary N) is 1. The molecule has 2 heterocycles. The van der Waals surface area contributed by atoms with Gasteiger partial charge in [-0.1, -0.05) is 0 Å². The number of hydrogen-bond donors (Lipinski definition) is 1. The molecule has 0 aliphatic carbocycles. The van der Waals surface area contributed by atoms with Crippen molar-refractivity contribution in [2.24, 2.45) is 5.73 Å². The zero-order valence-electron chi connectivity index (χ0n) is 12.1. The smallest absolute Gasteiger partial charge is 0.254 e. The highest BCUT2D eigenvalue weighted by molar-refractivity contribution is 7.17. The van der Waals surface area contributed by atoms with E-state index < -0.39 is 0 Å². The summed E-state index contributed by atoms with van der Waals surface area (Å²) in [4.78, 5) is 14.7. The third kappa shape index (κ3) is 3.23. The Balaban J connectivity index is 0.00000161. The van der Waals surface area contributed by atoms with Gasteiger partial charge in [0.25, 0.3) is 5.91 Å². The zero-order valence-corrected chi connectivity index (χ0v) is 13.8. The molecule has 0 spiro atoms. The molecule has 0 bridgehead atoms. The van der Waals surface area contributed by atoms with Crippen LogP contribution in [0.3, 0.4) is 0 Å². The fourth-order valence-electron chi connectivity index (χ4n) is 3.02. The fourth-order valence-corrected chi connectivity index (χ4v) is 3.79. The largest absolute Gasteiger partial charge is 0.334 e. The first-order chi connectivity index (χ1) is 9.66. The number of benzene rings is 1. The van der Waals surface area contributed by atoms with E-state index in [2.05, 4.69) is 11.4 Å². The summed E-state index contributed by atoms with van der Waals surface area (Å²) in [5.74, 6) is 0.125. The summed E-state index contributed by atoms with van der Waals surface area (Å²) in [5.41, 5.74) is 6.84. The van der Waals surface area contributed by atoms with Crippen molar-refractivity contribution < 1.29 is 4.79 Å². The van der Waals surface area contributed by atoms with E-state index in [-0.39, 0.29) is 30.4 Å². The fraction of sp³-hybridized carbons (Fsp3) is 0.438. The van der Waals surface area contributed by atoms with E-state index in [0.29, 0.717) is 0 Å². The Labute approximate surface area is 135 Å². The number of rotatable bonds is 2. The molecular weight excluding hydrogens is 304 g/mol. The molecule has 114 valence electrons. The number of thiophene rings is 1. The molecule has 1 saturated heterocycles. The second-order valence-electron chi connectivity index (χ2n) is 5.59. The molecule has 5 heteroatoms. The van der Waals surface area contributed by atoms with Crippen LogP contribution < -0.4 is 5.73 Å². The maximum absolute atomic E-state index is 12.8. The van der Waals surface area contributed by atoms with Crippen LogP contribution in [-0.4, -0.2) is 29.4 Å². The van der Waals surface area contributed by atoms with Crippen molar-refractivity contribution in [3.8, 4) is 0 Å². The SMILES string of the molecule is CC(N)C1CCCCN1C(=O)c1ccc2sccc2c1.Cl. The molecule has 21 heavy (non-hydrogen) atoms. The first-order valence-corrected chi connectivity index (χ1v) is 8.08. The Kier molecular flexibility index (Phi) is 5.25. The van der Waals surface area contributed by atoms with Crippen LogP contribution in [-0.2, 0) is 0 Å². The number of piperidine rings is 1. The van der Waals surface area contributed by atoms with Crippen LogP contribution >= 0.6 is 23.7 Å². The number of carbonyl (C=O) groups excluding carboxylic acids is 1. The van der Waals surface area contributed by atoms with Gasteiger partial charge in [0, 0.05) is 28.9 Å². The average Bonchev–Trinajstić information content (AvgIpc) is 2.93. The van der Waals surface area contributed by atoms with E-state index in [1.165, 1.54) is 11.1 Å². The van der Waals surface area contributed by atoms with E-state index in [9.17, 15) is 4.79 Å². The van der Waals surface area contributed by atoms with Crippen molar-refractivity contribution in [3.63, 3.8) is 0 Å². The lowest BCUT2D eigenvalue weighted by molar-refractivity contribution is 0.0584. The van der Waals surface area contributed by atoms with Crippen LogP contribution in [0.2, 0.25) is 0 Å². The number of amides is 1. The Morgan fingerprint density at radius 3 is 2.95 bits per heavy atom. The van der Waals surface area contributed by atoms with Crippen molar-refractivity contribution in [3.05, 3.63) is 35.2 Å². The maximum atomic E-state index is 12.8. The van der Waals surface area contributed by atoms with Gasteiger partial charge in [-0.25, -0.2) is 0 Å². The highest BCUT2D eigenvalue weighted by atomic mass is 35.5. The number of carbonyl (C=O) groups is 1. The van der Waals surface area contributed by atoms with Gasteiger partial charge >= 0.3 is 0 Å². The van der Waals surface area contributed by atoms with Gasteiger partial charge in [0.05, 0.1) is 0 Å². The minimum absolute atomic E-state index is 0. The van der Waals surface area contributed by atoms with Crippen LogP contribution in [0.1, 0.15) is 36.5 Å². The van der Waals surface area contributed by atoms with Crippen LogP contribution in [0, 0.1) is 0 Å². The monoisotopic (exact) mass is 324 g/mol. The predicted molar refractivity (Wildman–Crippen MR) is 91.4 cm³/mol. The second-order valence-corrected chi connectivity index (χ2v) is 6.54. The van der Waals surface area contributed by atoms with E-state index >= 15 is 0 Å². The topological polar surface area (TPSA) is 46.3 Å². The molecule has 0 saturated carbocycles. The molecule has 0 radical (unpaired) electrons. The molecule has 3 rings (SSSR count). The van der Waals surface area contributed by atoms with Crippen LogP contribution in [0.25, 0.3) is 10.1 Å². The quantitative estimate of drug-likeness (QED) is 0.916. The molecule has 2 atom stereocenters. The normalized spacial score (nSPS) is 20.1. The third-order valence-corrected chi connectivity index (χ3v) is 5.01. The molecule has 1 fully saturated rings. The molecule has 2 aromatic rings. The molecule has 1 aliphatic heterocycles. The molecule has 1 amide bonds. The summed E-state index contributed by atoms with van der Waals surface area (Å²) in [6.45, 7) is 2.82. The Bertz CT molecular complexity index is 626. The van der Waals surface area contributed by atoms with E-state index in [1.54, 1.807) is 11.3 Å².